The van der Waals surface area contributed by atoms with E-state index in [0.29, 0.717) is 5.11 Å². The van der Waals surface area contributed by atoms with Gasteiger partial charge in [-0.25, -0.2) is 0 Å². The number of H-pyrrole nitrogens is 1. The van der Waals surface area contributed by atoms with Gasteiger partial charge in [0, 0.05) is 32.4 Å². The van der Waals surface area contributed by atoms with Crippen LogP contribution in [-0.4, -0.2) is 21.2 Å². The minimum absolute atomic E-state index is 0.0129. The van der Waals surface area contributed by atoms with Crippen LogP contribution in [0.3, 0.4) is 0 Å². The molecule has 0 bridgehead atoms. The number of aromatic amines is 1. The van der Waals surface area contributed by atoms with Crippen molar-refractivity contribution < 1.29 is 4.74 Å². The molecule has 7 heteroatoms. The highest BCUT2D eigenvalue weighted by Gasteiger charge is 2.42. The maximum Gasteiger partial charge on any atom is 0.174 e. The lowest BCUT2D eigenvalue weighted by atomic mass is 9.96. The largest absolute Gasteiger partial charge is 0.491 e. The Bertz CT molecular complexity index is 1050. The predicted octanol–water partition coefficient (Wildman–Crippen LogP) is 5.60. The summed E-state index contributed by atoms with van der Waals surface area (Å²) < 4.78 is 7.05. The van der Waals surface area contributed by atoms with Crippen LogP contribution in [0.25, 0.3) is 0 Å². The molecule has 2 aromatic heterocycles. The van der Waals surface area contributed by atoms with Gasteiger partial charge in [0.2, 0.25) is 0 Å². The molecule has 156 valence electrons. The van der Waals surface area contributed by atoms with Crippen molar-refractivity contribution in [2.75, 3.05) is 4.90 Å². The molecule has 3 aromatic rings. The molecule has 1 aromatic carbocycles. The van der Waals surface area contributed by atoms with Gasteiger partial charge < -0.3 is 19.9 Å². The van der Waals surface area contributed by atoms with Crippen molar-refractivity contribution in [1.29, 1.82) is 0 Å². The molecule has 1 aliphatic rings. The van der Waals surface area contributed by atoms with Crippen LogP contribution in [0.4, 0.5) is 5.69 Å². The van der Waals surface area contributed by atoms with Crippen LogP contribution in [0.1, 0.15) is 48.6 Å². The van der Waals surface area contributed by atoms with Crippen LogP contribution < -0.4 is 15.0 Å². The number of thiocarbonyl (C=S) groups is 1. The maximum absolute atomic E-state index is 5.82. The normalized spacial score (nSPS) is 18.7. The Hall–Kier alpha value is -2.13. The zero-order valence-corrected chi connectivity index (χ0v) is 20.4. The summed E-state index contributed by atoms with van der Waals surface area (Å²) in [6.07, 6.45) is 1.97. The number of nitrogens with zero attached hydrogens (tertiary/aromatic N) is 2. The average Bonchev–Trinajstić information content (AvgIpc) is 3.18. The Morgan fingerprint density at radius 2 is 1.83 bits per heavy atom. The molecule has 2 atom stereocenters. The van der Waals surface area contributed by atoms with Gasteiger partial charge in [-0.1, -0.05) is 6.07 Å². The van der Waals surface area contributed by atoms with Crippen molar-refractivity contribution in [3.63, 3.8) is 0 Å². The number of ether oxygens (including phenoxy) is 1. The number of halogens is 1. The number of hydrogen-bond donors (Lipinski definition) is 2. The second kappa shape index (κ2) is 8.55. The number of anilines is 1. The number of rotatable bonds is 5. The first kappa shape index (κ1) is 21.1. The monoisotopic (exact) mass is 532 g/mol. The molecule has 2 unspecified atom stereocenters. The fraction of sp³-hybridized carbons (Fsp3) is 0.304. The number of pyridine rings is 1. The lowest BCUT2D eigenvalue weighted by Crippen LogP contribution is -2.29. The first-order chi connectivity index (χ1) is 14.4. The van der Waals surface area contributed by atoms with Crippen molar-refractivity contribution in [1.82, 2.24) is 15.3 Å². The van der Waals surface area contributed by atoms with E-state index in [0.717, 1.165) is 22.8 Å². The van der Waals surface area contributed by atoms with Crippen LogP contribution in [0, 0.1) is 17.4 Å². The van der Waals surface area contributed by atoms with Crippen molar-refractivity contribution in [2.24, 2.45) is 0 Å². The van der Waals surface area contributed by atoms with Crippen molar-refractivity contribution in [3.8, 4) is 5.75 Å². The minimum atomic E-state index is -0.0484. The molecular weight excluding hydrogens is 507 g/mol. The number of aromatic nitrogens is 2. The topological polar surface area (TPSA) is 53.2 Å². The Morgan fingerprint density at radius 3 is 2.40 bits per heavy atom. The highest BCUT2D eigenvalue weighted by molar-refractivity contribution is 14.1. The van der Waals surface area contributed by atoms with E-state index in [1.807, 2.05) is 44.3 Å². The molecule has 1 aliphatic heterocycles. The second-order valence-electron chi connectivity index (χ2n) is 7.76. The van der Waals surface area contributed by atoms with Gasteiger partial charge in [-0.15, -0.1) is 0 Å². The first-order valence-electron chi connectivity index (χ1n) is 9.98. The molecule has 30 heavy (non-hydrogen) atoms. The summed E-state index contributed by atoms with van der Waals surface area (Å²) in [7, 11) is 0. The third-order valence-electron chi connectivity index (χ3n) is 5.23. The summed E-state index contributed by atoms with van der Waals surface area (Å²) in [4.78, 5) is 10.3. The van der Waals surface area contributed by atoms with Gasteiger partial charge in [-0.05, 0) is 98.9 Å². The van der Waals surface area contributed by atoms with E-state index >= 15 is 0 Å². The number of nitrogens with one attached hydrogen (secondary N) is 2. The SMILES string of the molecule is Cc1[nH]c(C)c(C2C(c3ccccn3)NC(=S)N2c2ccc(OC(C)C)cc2)c1I. The van der Waals surface area contributed by atoms with Crippen LogP contribution in [0.15, 0.2) is 48.7 Å². The Labute approximate surface area is 196 Å². The molecule has 4 rings (SSSR count). The Kier molecular flexibility index (Phi) is 6.02. The van der Waals surface area contributed by atoms with Crippen molar-refractivity contribution >= 4 is 45.6 Å². The van der Waals surface area contributed by atoms with E-state index in [9.17, 15) is 0 Å². The Morgan fingerprint density at radius 1 is 1.10 bits per heavy atom. The molecule has 0 aliphatic carbocycles. The molecule has 1 fully saturated rings. The summed E-state index contributed by atoms with van der Waals surface area (Å²) in [6.45, 7) is 8.29. The van der Waals surface area contributed by atoms with Crippen molar-refractivity contribution in [3.05, 3.63) is 74.9 Å². The quantitative estimate of drug-likeness (QED) is 0.331. The predicted molar refractivity (Wildman–Crippen MR) is 133 cm³/mol. The summed E-state index contributed by atoms with van der Waals surface area (Å²) in [6, 6.07) is 14.1. The molecule has 2 N–H and O–H groups in total. The lowest BCUT2D eigenvalue weighted by molar-refractivity contribution is 0.242. The molecule has 0 saturated carbocycles. The van der Waals surface area contributed by atoms with Crippen LogP contribution in [0.2, 0.25) is 0 Å². The highest BCUT2D eigenvalue weighted by Crippen LogP contribution is 2.44. The van der Waals surface area contributed by atoms with E-state index in [2.05, 4.69) is 74.8 Å². The van der Waals surface area contributed by atoms with Crippen LogP contribution >= 0.6 is 34.8 Å². The number of aryl methyl sites for hydroxylation is 2. The van der Waals surface area contributed by atoms with Gasteiger partial charge in [-0.3, -0.25) is 4.98 Å². The van der Waals surface area contributed by atoms with Gasteiger partial charge in [0.05, 0.1) is 23.9 Å². The third-order valence-corrected chi connectivity index (χ3v) is 6.93. The van der Waals surface area contributed by atoms with E-state index in [1.165, 1.54) is 14.8 Å². The average molecular weight is 532 g/mol. The molecule has 5 nitrogen and oxygen atoms in total. The van der Waals surface area contributed by atoms with E-state index in [1.54, 1.807) is 0 Å². The zero-order valence-electron chi connectivity index (χ0n) is 17.4. The van der Waals surface area contributed by atoms with Crippen LogP contribution in [-0.2, 0) is 0 Å². The first-order valence-corrected chi connectivity index (χ1v) is 11.5. The summed E-state index contributed by atoms with van der Waals surface area (Å²) >= 11 is 8.25. The van der Waals surface area contributed by atoms with Gasteiger partial charge in [0.25, 0.3) is 0 Å². The smallest absolute Gasteiger partial charge is 0.174 e. The second-order valence-corrected chi connectivity index (χ2v) is 9.23. The fourth-order valence-corrected chi connectivity index (χ4v) is 5.21. The van der Waals surface area contributed by atoms with E-state index < -0.39 is 0 Å². The summed E-state index contributed by atoms with van der Waals surface area (Å²) in [5, 5.41) is 4.22. The molecular formula is C23H25IN4OS. The molecule has 1 saturated heterocycles. The van der Waals surface area contributed by atoms with Gasteiger partial charge in [0.15, 0.2) is 5.11 Å². The lowest BCUT2D eigenvalue weighted by Gasteiger charge is -2.28. The van der Waals surface area contributed by atoms with Crippen LogP contribution in [0.5, 0.6) is 5.75 Å². The molecule has 0 spiro atoms. The third kappa shape index (κ3) is 3.92. The summed E-state index contributed by atoms with van der Waals surface area (Å²) in [5.41, 5.74) is 5.57. The standard InChI is InChI=1S/C23H25IN4OS/c1-13(2)29-17-10-8-16(9-11-17)28-22(19-14(3)26-15(4)20(19)24)21(27-23(28)30)18-7-5-6-12-25-18/h5-13,21-22,26H,1-4H3,(H,27,30). The molecule has 0 amide bonds. The summed E-state index contributed by atoms with van der Waals surface area (Å²) in [5.74, 6) is 0.855. The molecule has 0 radical (unpaired) electrons. The minimum Gasteiger partial charge on any atom is -0.491 e. The van der Waals surface area contributed by atoms with Gasteiger partial charge in [-0.2, -0.15) is 0 Å². The highest BCUT2D eigenvalue weighted by atomic mass is 127. The van der Waals surface area contributed by atoms with E-state index in [-0.39, 0.29) is 18.2 Å². The maximum atomic E-state index is 5.82. The number of hydrogen-bond acceptors (Lipinski definition) is 3. The fourth-order valence-electron chi connectivity index (χ4n) is 4.01. The Balaban J connectivity index is 1.80. The van der Waals surface area contributed by atoms with Gasteiger partial charge >= 0.3 is 0 Å². The number of benzene rings is 1. The zero-order chi connectivity index (χ0) is 21.4. The molecule has 3 heterocycles. The van der Waals surface area contributed by atoms with Crippen molar-refractivity contribution in [2.45, 2.75) is 45.9 Å². The van der Waals surface area contributed by atoms with E-state index in [4.69, 9.17) is 17.0 Å². The van der Waals surface area contributed by atoms with Gasteiger partial charge in [0.1, 0.15) is 5.75 Å².